The average Bonchev–Trinajstić information content (AvgIpc) is 1.64. The van der Waals surface area contributed by atoms with E-state index < -0.39 is 18.1 Å². The predicted molar refractivity (Wildman–Crippen MR) is 27.3 cm³/mol. The fourth-order valence-corrected chi connectivity index (χ4v) is 0.206. The van der Waals surface area contributed by atoms with Gasteiger partial charge >= 0.3 is 5.97 Å². The Hall–Kier alpha value is -0.610. The molecule has 0 spiro atoms. The maximum atomic E-state index is 9.86. The number of hydrogen-bond donors (Lipinski definition) is 3. The third-order valence-corrected chi connectivity index (χ3v) is 0.805. The smallest absolute Gasteiger partial charge is 0.323 e. The van der Waals surface area contributed by atoms with E-state index in [1.807, 2.05) is 0 Å². The zero-order valence-electron chi connectivity index (χ0n) is 4.53. The summed E-state index contributed by atoms with van der Waals surface area (Å²) in [6.45, 7) is 1.33. The van der Waals surface area contributed by atoms with E-state index >= 15 is 0 Å². The predicted octanol–water partition coefficient (Wildman–Crippen LogP) is -1.22. The van der Waals surface area contributed by atoms with E-state index in [2.05, 4.69) is 0 Å². The first kappa shape index (κ1) is 7.39. The fraction of sp³-hybridized carbons (Fsp3) is 0.750. The van der Waals surface area contributed by atoms with Gasteiger partial charge in [0.25, 0.3) is 0 Å². The Kier molecular flexibility index (Phi) is 2.44. The van der Waals surface area contributed by atoms with Crippen molar-refractivity contribution in [2.75, 3.05) is 0 Å². The zero-order chi connectivity index (χ0) is 6.73. The molecule has 0 bridgehead atoms. The van der Waals surface area contributed by atoms with Crippen molar-refractivity contribution >= 4 is 5.97 Å². The minimum absolute atomic E-state index is 0.979. The lowest BCUT2D eigenvalue weighted by Crippen LogP contribution is -2.39. The van der Waals surface area contributed by atoms with Crippen molar-refractivity contribution in [1.29, 1.82) is 0 Å². The topological polar surface area (TPSA) is 83.5 Å². The molecule has 0 heterocycles. The van der Waals surface area contributed by atoms with Crippen molar-refractivity contribution < 1.29 is 15.0 Å². The molecule has 4 heteroatoms. The van der Waals surface area contributed by atoms with Crippen molar-refractivity contribution in [3.8, 4) is 0 Å². The monoisotopic (exact) mass is 119 g/mol. The van der Waals surface area contributed by atoms with E-state index in [-0.39, 0.29) is 0 Å². The second kappa shape index (κ2) is 2.64. The summed E-state index contributed by atoms with van der Waals surface area (Å²) < 4.78 is 0. The molecule has 48 valence electrons. The van der Waals surface area contributed by atoms with Gasteiger partial charge in [-0.05, 0) is 6.92 Å². The van der Waals surface area contributed by atoms with Crippen LogP contribution in [0.2, 0.25) is 0 Å². The Morgan fingerprint density at radius 2 is 2.12 bits per heavy atom. The maximum Gasteiger partial charge on any atom is 0.323 e. The standard InChI is InChI=1S/C4H9NO3/c1-2(6)3(5)4(7)8/h2-3,6H,5H2,1H3,(H,7,8)/t2-,3?/m0/s1. The second-order valence-corrected chi connectivity index (χ2v) is 1.60. The molecule has 0 aromatic rings. The van der Waals surface area contributed by atoms with Gasteiger partial charge in [-0.2, -0.15) is 0 Å². The number of nitrogens with two attached hydrogens (primary N) is 1. The highest BCUT2D eigenvalue weighted by atomic mass is 16.4. The van der Waals surface area contributed by atoms with Gasteiger partial charge in [-0.3, -0.25) is 4.79 Å². The van der Waals surface area contributed by atoms with Gasteiger partial charge in [0, 0.05) is 0 Å². The van der Waals surface area contributed by atoms with Crippen LogP contribution in [0, 0.1) is 0 Å². The number of carboxylic acids is 1. The fourth-order valence-electron chi connectivity index (χ4n) is 0.206. The first-order valence-electron chi connectivity index (χ1n) is 2.22. The van der Waals surface area contributed by atoms with Crippen LogP contribution in [0.5, 0.6) is 0 Å². The van der Waals surface area contributed by atoms with Crippen LogP contribution in [0.4, 0.5) is 0 Å². The Labute approximate surface area is 46.9 Å². The Morgan fingerprint density at radius 1 is 1.75 bits per heavy atom. The number of aliphatic carboxylic acids is 1. The van der Waals surface area contributed by atoms with Gasteiger partial charge in [-0.1, -0.05) is 0 Å². The maximum absolute atomic E-state index is 9.86. The largest absolute Gasteiger partial charge is 0.480 e. The van der Waals surface area contributed by atoms with E-state index in [1.165, 1.54) is 6.92 Å². The Balaban J connectivity index is 3.64. The molecule has 0 aromatic carbocycles. The molecular weight excluding hydrogens is 110 g/mol. The highest BCUT2D eigenvalue weighted by molar-refractivity contribution is 5.73. The number of aliphatic hydroxyl groups is 1. The molecule has 4 nitrogen and oxygen atoms in total. The lowest BCUT2D eigenvalue weighted by molar-refractivity contribution is -0.140. The highest BCUT2D eigenvalue weighted by Crippen LogP contribution is 1.85. The van der Waals surface area contributed by atoms with Crippen LogP contribution in [0.25, 0.3) is 0 Å². The lowest BCUT2D eigenvalue weighted by Gasteiger charge is -2.06. The highest BCUT2D eigenvalue weighted by Gasteiger charge is 2.16. The third-order valence-electron chi connectivity index (χ3n) is 0.805. The number of rotatable bonds is 2. The number of carboxylic acid groups (broad SMARTS) is 1. The lowest BCUT2D eigenvalue weighted by atomic mass is 10.2. The number of carbonyl (C=O) groups is 1. The molecule has 0 aliphatic carbocycles. The summed E-state index contributed by atoms with van der Waals surface area (Å²) in [5.74, 6) is -1.18. The normalized spacial score (nSPS) is 17.4. The molecule has 0 aromatic heterocycles. The molecule has 0 rings (SSSR count). The molecule has 1 unspecified atom stereocenters. The van der Waals surface area contributed by atoms with Crippen LogP contribution in [0.15, 0.2) is 0 Å². The summed E-state index contributed by atoms with van der Waals surface area (Å²) in [6, 6.07) is -1.16. The van der Waals surface area contributed by atoms with Gasteiger partial charge in [0.1, 0.15) is 6.04 Å². The number of aliphatic hydroxyl groups excluding tert-OH is 1. The van der Waals surface area contributed by atoms with Crippen LogP contribution < -0.4 is 5.73 Å². The van der Waals surface area contributed by atoms with Gasteiger partial charge < -0.3 is 15.9 Å². The summed E-state index contributed by atoms with van der Waals surface area (Å²) >= 11 is 0. The van der Waals surface area contributed by atoms with Gasteiger partial charge in [0.15, 0.2) is 0 Å². The van der Waals surface area contributed by atoms with Crippen LogP contribution in [-0.2, 0) is 4.79 Å². The summed E-state index contributed by atoms with van der Waals surface area (Å²) in [5.41, 5.74) is 4.91. The van der Waals surface area contributed by atoms with Crippen LogP contribution in [0.1, 0.15) is 6.92 Å². The molecule has 0 saturated heterocycles. The molecule has 2 atom stereocenters. The van der Waals surface area contributed by atoms with Crippen LogP contribution in [-0.4, -0.2) is 28.3 Å². The van der Waals surface area contributed by atoms with Gasteiger partial charge in [-0.25, -0.2) is 0 Å². The Bertz CT molecular complexity index is 91.3. The molecule has 0 amide bonds. The van der Waals surface area contributed by atoms with Crippen molar-refractivity contribution in [2.45, 2.75) is 19.1 Å². The van der Waals surface area contributed by atoms with Crippen LogP contribution >= 0.6 is 0 Å². The van der Waals surface area contributed by atoms with E-state index in [0.29, 0.717) is 0 Å². The molecule has 4 N–H and O–H groups in total. The summed E-state index contributed by atoms with van der Waals surface area (Å²) in [6.07, 6.45) is -0.979. The van der Waals surface area contributed by atoms with Crippen molar-refractivity contribution in [2.24, 2.45) is 5.73 Å². The quantitative estimate of drug-likeness (QED) is 0.425. The van der Waals surface area contributed by atoms with E-state index in [9.17, 15) is 4.79 Å². The minimum Gasteiger partial charge on any atom is -0.480 e. The van der Waals surface area contributed by atoms with Crippen molar-refractivity contribution in [1.82, 2.24) is 0 Å². The summed E-state index contributed by atoms with van der Waals surface area (Å²) in [7, 11) is 0. The average molecular weight is 119 g/mol. The second-order valence-electron chi connectivity index (χ2n) is 1.60. The minimum atomic E-state index is -1.18. The molecule has 0 aliphatic rings. The van der Waals surface area contributed by atoms with Gasteiger partial charge in [0.05, 0.1) is 6.10 Å². The van der Waals surface area contributed by atoms with Crippen LogP contribution in [0.3, 0.4) is 0 Å². The third kappa shape index (κ3) is 1.90. The summed E-state index contributed by atoms with van der Waals surface area (Å²) in [5, 5.41) is 16.6. The molecule has 0 saturated carbocycles. The summed E-state index contributed by atoms with van der Waals surface area (Å²) in [4.78, 5) is 9.86. The van der Waals surface area contributed by atoms with E-state index in [0.717, 1.165) is 0 Å². The molecule has 8 heavy (non-hydrogen) atoms. The first-order valence-corrected chi connectivity index (χ1v) is 2.22. The van der Waals surface area contributed by atoms with Crippen molar-refractivity contribution in [3.63, 3.8) is 0 Å². The van der Waals surface area contributed by atoms with Gasteiger partial charge in [0.2, 0.25) is 0 Å². The van der Waals surface area contributed by atoms with Crippen molar-refractivity contribution in [3.05, 3.63) is 0 Å². The molecular formula is C4H9NO3. The molecule has 0 fully saturated rings. The molecule has 0 aliphatic heterocycles. The zero-order valence-corrected chi connectivity index (χ0v) is 4.53. The van der Waals surface area contributed by atoms with Gasteiger partial charge in [-0.15, -0.1) is 0 Å². The van der Waals surface area contributed by atoms with E-state index in [4.69, 9.17) is 15.9 Å². The number of hydrogen-bond acceptors (Lipinski definition) is 3. The SMILES string of the molecule is C[C@H](O)C(N)C(=O)O. The van der Waals surface area contributed by atoms with E-state index in [1.54, 1.807) is 0 Å². The Morgan fingerprint density at radius 3 is 2.12 bits per heavy atom. The molecule has 0 radical (unpaired) electrons. The first-order chi connectivity index (χ1) is 3.55.